The van der Waals surface area contributed by atoms with E-state index in [4.69, 9.17) is 5.11 Å². The minimum atomic E-state index is -1.26. The van der Waals surface area contributed by atoms with Gasteiger partial charge in [-0.2, -0.15) is 5.11 Å². The molecular weight excluding hydrogens is 302 g/mol. The number of benzene rings is 2. The summed E-state index contributed by atoms with van der Waals surface area (Å²) in [4.78, 5) is 12.5. The smallest absolute Gasteiger partial charge is 0.339 e. The van der Waals surface area contributed by atoms with Gasteiger partial charge in [0.2, 0.25) is 0 Å². The van der Waals surface area contributed by atoms with Crippen LogP contribution in [-0.2, 0) is 0 Å². The lowest BCUT2D eigenvalue weighted by Crippen LogP contribution is -2.07. The largest absolute Gasteiger partial charge is 0.507 e. The van der Waals surface area contributed by atoms with Crippen molar-refractivity contribution >= 4 is 23.0 Å². The quantitative estimate of drug-likeness (QED) is 0.642. The van der Waals surface area contributed by atoms with Crippen LogP contribution in [0.4, 0.5) is 17.1 Å². The second-order valence-corrected chi connectivity index (χ2v) is 4.93. The molecule has 120 valence electrons. The molecule has 0 amide bonds. The summed E-state index contributed by atoms with van der Waals surface area (Å²) >= 11 is 0. The maximum absolute atomic E-state index is 10.8. The number of hydrogen-bond donors (Lipinski definition) is 4. The molecule has 0 saturated heterocycles. The van der Waals surface area contributed by atoms with Crippen LogP contribution in [0.5, 0.6) is 17.2 Å². The van der Waals surface area contributed by atoms with Crippen molar-refractivity contribution in [2.24, 2.45) is 10.2 Å². The lowest BCUT2D eigenvalue weighted by molar-refractivity contribution is 0.0694. The Morgan fingerprint density at radius 2 is 1.57 bits per heavy atom. The summed E-state index contributed by atoms with van der Waals surface area (Å²) in [5.74, 6) is -2.24. The number of phenols is 3. The standard InChI is InChI=1S/C15H15N3O5/c1-18(2)9-6-12(20)14(13(21)7-9)17-16-8-3-4-10(15(22)23)11(19)5-8/h3-7,19-21H,1-2H3,(H,22,23). The van der Waals surface area contributed by atoms with E-state index in [1.807, 2.05) is 0 Å². The normalized spacial score (nSPS) is 10.9. The predicted octanol–water partition coefficient (Wildman–Crippen LogP) is 2.98. The molecule has 0 aromatic heterocycles. The van der Waals surface area contributed by atoms with Gasteiger partial charge >= 0.3 is 5.97 Å². The molecule has 23 heavy (non-hydrogen) atoms. The summed E-state index contributed by atoms with van der Waals surface area (Å²) in [5.41, 5.74) is 0.368. The zero-order valence-electron chi connectivity index (χ0n) is 12.4. The van der Waals surface area contributed by atoms with Gasteiger partial charge in [-0.3, -0.25) is 0 Å². The number of azo groups is 1. The van der Waals surface area contributed by atoms with Crippen molar-refractivity contribution in [2.75, 3.05) is 19.0 Å². The molecule has 0 fully saturated rings. The maximum atomic E-state index is 10.8. The Kier molecular flexibility index (Phi) is 4.35. The molecule has 8 nitrogen and oxygen atoms in total. The zero-order valence-corrected chi connectivity index (χ0v) is 12.4. The molecule has 4 N–H and O–H groups in total. The Balaban J connectivity index is 2.34. The molecule has 0 aliphatic carbocycles. The molecule has 2 aromatic carbocycles. The number of rotatable bonds is 4. The highest BCUT2D eigenvalue weighted by molar-refractivity contribution is 5.91. The van der Waals surface area contributed by atoms with E-state index >= 15 is 0 Å². The van der Waals surface area contributed by atoms with Crippen molar-refractivity contribution in [3.8, 4) is 17.2 Å². The average molecular weight is 317 g/mol. The average Bonchev–Trinajstić information content (AvgIpc) is 2.45. The molecule has 2 rings (SSSR count). The minimum Gasteiger partial charge on any atom is -0.507 e. The third-order valence-electron chi connectivity index (χ3n) is 3.05. The highest BCUT2D eigenvalue weighted by Gasteiger charge is 2.12. The van der Waals surface area contributed by atoms with E-state index in [1.54, 1.807) is 19.0 Å². The van der Waals surface area contributed by atoms with Crippen LogP contribution in [0.1, 0.15) is 10.4 Å². The molecule has 0 spiro atoms. The fourth-order valence-corrected chi connectivity index (χ4v) is 1.82. The number of carboxylic acids is 1. The van der Waals surface area contributed by atoms with Crippen molar-refractivity contribution < 1.29 is 25.2 Å². The summed E-state index contributed by atoms with van der Waals surface area (Å²) in [5, 5.41) is 45.7. The lowest BCUT2D eigenvalue weighted by atomic mass is 10.2. The Hall–Kier alpha value is -3.29. The van der Waals surface area contributed by atoms with Gasteiger partial charge in [0.1, 0.15) is 22.8 Å². The third kappa shape index (κ3) is 3.49. The van der Waals surface area contributed by atoms with Crippen LogP contribution >= 0.6 is 0 Å². The van der Waals surface area contributed by atoms with Crippen LogP contribution in [0.15, 0.2) is 40.6 Å². The Labute approximate surface area is 131 Å². The van der Waals surface area contributed by atoms with E-state index in [0.29, 0.717) is 5.69 Å². The van der Waals surface area contributed by atoms with Gasteiger partial charge in [0, 0.05) is 38.0 Å². The van der Waals surface area contributed by atoms with Gasteiger partial charge in [-0.25, -0.2) is 4.79 Å². The Bertz CT molecular complexity index is 764. The molecule has 0 saturated carbocycles. The van der Waals surface area contributed by atoms with Crippen molar-refractivity contribution in [2.45, 2.75) is 0 Å². The minimum absolute atomic E-state index is 0.127. The van der Waals surface area contributed by atoms with Crippen LogP contribution in [0.25, 0.3) is 0 Å². The highest BCUT2D eigenvalue weighted by atomic mass is 16.4. The molecule has 8 heteroatoms. The van der Waals surface area contributed by atoms with Crippen molar-refractivity contribution in [1.82, 2.24) is 0 Å². The topological polar surface area (TPSA) is 126 Å². The number of hydrogen-bond acceptors (Lipinski definition) is 7. The molecular formula is C15H15N3O5. The van der Waals surface area contributed by atoms with Crippen molar-refractivity contribution in [3.63, 3.8) is 0 Å². The van der Waals surface area contributed by atoms with Crippen molar-refractivity contribution in [1.29, 1.82) is 0 Å². The summed E-state index contributed by atoms with van der Waals surface area (Å²) in [6, 6.07) is 6.48. The predicted molar refractivity (Wildman–Crippen MR) is 83.3 cm³/mol. The van der Waals surface area contributed by atoms with E-state index in [-0.39, 0.29) is 28.4 Å². The second-order valence-electron chi connectivity index (χ2n) is 4.93. The van der Waals surface area contributed by atoms with E-state index in [0.717, 1.165) is 6.07 Å². The van der Waals surface area contributed by atoms with Gasteiger partial charge in [0.05, 0.1) is 5.69 Å². The second kappa shape index (κ2) is 6.22. The maximum Gasteiger partial charge on any atom is 0.339 e. The molecule has 0 heterocycles. The monoisotopic (exact) mass is 317 g/mol. The van der Waals surface area contributed by atoms with Gasteiger partial charge in [-0.05, 0) is 12.1 Å². The SMILES string of the molecule is CN(C)c1cc(O)c(N=Nc2ccc(C(=O)O)c(O)c2)c(O)c1. The molecule has 0 unspecified atom stereocenters. The number of aromatic hydroxyl groups is 3. The van der Waals surface area contributed by atoms with E-state index in [2.05, 4.69) is 10.2 Å². The fraction of sp³-hybridized carbons (Fsp3) is 0.133. The van der Waals surface area contributed by atoms with Gasteiger partial charge < -0.3 is 25.3 Å². The molecule has 0 atom stereocenters. The number of phenolic OH excluding ortho intramolecular Hbond substituents is 2. The summed E-state index contributed by atoms with van der Waals surface area (Å²) in [6.45, 7) is 0. The first-order valence-corrected chi connectivity index (χ1v) is 6.51. The molecule has 0 bridgehead atoms. The van der Waals surface area contributed by atoms with Crippen LogP contribution in [0, 0.1) is 0 Å². The third-order valence-corrected chi connectivity index (χ3v) is 3.05. The number of anilines is 1. The van der Waals surface area contributed by atoms with Gasteiger partial charge in [-0.15, -0.1) is 5.11 Å². The summed E-state index contributed by atoms with van der Waals surface area (Å²) < 4.78 is 0. The van der Waals surface area contributed by atoms with Gasteiger partial charge in [-0.1, -0.05) is 0 Å². The van der Waals surface area contributed by atoms with Gasteiger partial charge in [0.25, 0.3) is 0 Å². The fourth-order valence-electron chi connectivity index (χ4n) is 1.82. The first-order chi connectivity index (χ1) is 10.8. The molecule has 0 radical (unpaired) electrons. The summed E-state index contributed by atoms with van der Waals surface area (Å²) in [7, 11) is 3.50. The number of aromatic carboxylic acids is 1. The van der Waals surface area contributed by atoms with Crippen LogP contribution in [0.3, 0.4) is 0 Å². The van der Waals surface area contributed by atoms with E-state index in [9.17, 15) is 20.1 Å². The zero-order chi connectivity index (χ0) is 17.1. The number of carboxylic acid groups (broad SMARTS) is 1. The van der Waals surface area contributed by atoms with Crippen LogP contribution < -0.4 is 4.90 Å². The lowest BCUT2D eigenvalue weighted by Gasteiger charge is -2.13. The highest BCUT2D eigenvalue weighted by Crippen LogP contribution is 2.40. The molecule has 0 aliphatic heterocycles. The van der Waals surface area contributed by atoms with Crippen molar-refractivity contribution in [3.05, 3.63) is 35.9 Å². The Morgan fingerprint density at radius 1 is 0.957 bits per heavy atom. The van der Waals surface area contributed by atoms with Gasteiger partial charge in [0.15, 0.2) is 5.69 Å². The first-order valence-electron chi connectivity index (χ1n) is 6.51. The van der Waals surface area contributed by atoms with E-state index < -0.39 is 11.7 Å². The van der Waals surface area contributed by atoms with Crippen LogP contribution in [-0.4, -0.2) is 40.5 Å². The number of nitrogens with zero attached hydrogens (tertiary/aromatic N) is 3. The summed E-state index contributed by atoms with van der Waals surface area (Å²) in [6.07, 6.45) is 0. The molecule has 0 aliphatic rings. The first kappa shape index (κ1) is 16.1. The van der Waals surface area contributed by atoms with E-state index in [1.165, 1.54) is 24.3 Å². The Morgan fingerprint density at radius 3 is 2.04 bits per heavy atom. The number of carbonyl (C=O) groups is 1. The molecule has 2 aromatic rings. The van der Waals surface area contributed by atoms with Crippen LogP contribution in [0.2, 0.25) is 0 Å².